The molecule has 0 heteroatoms. The van der Waals surface area contributed by atoms with Gasteiger partial charge in [0.15, 0.2) is 0 Å². The zero-order valence-corrected chi connectivity index (χ0v) is 27.3. The van der Waals surface area contributed by atoms with Crippen LogP contribution in [0.1, 0.15) is 11.1 Å². The minimum atomic E-state index is 1.06. The number of benzene rings is 10. The molecule has 0 radical (unpaired) electrons. The van der Waals surface area contributed by atoms with Gasteiger partial charge in [-0.15, -0.1) is 0 Å². The molecule has 0 amide bonds. The lowest BCUT2D eigenvalue weighted by molar-refractivity contribution is 1.67. The van der Waals surface area contributed by atoms with E-state index in [1.165, 1.54) is 86.9 Å². The molecule has 0 spiro atoms. The minimum Gasteiger partial charge on any atom is -0.0622 e. The summed E-state index contributed by atoms with van der Waals surface area (Å²) in [6.07, 6.45) is 0. The van der Waals surface area contributed by atoms with Crippen LogP contribution in [0.25, 0.3) is 86.9 Å². The van der Waals surface area contributed by atoms with Crippen molar-refractivity contribution in [2.24, 2.45) is 0 Å². The Balaban J connectivity index is 1.35. The maximum atomic E-state index is 3.83. The molecule has 0 N–H and O–H groups in total. The van der Waals surface area contributed by atoms with Crippen molar-refractivity contribution < 1.29 is 0 Å². The Kier molecular flexibility index (Phi) is 6.51. The van der Waals surface area contributed by atoms with E-state index in [2.05, 4.69) is 194 Å². The van der Waals surface area contributed by atoms with Gasteiger partial charge in [0, 0.05) is 11.1 Å². The van der Waals surface area contributed by atoms with Crippen molar-refractivity contribution in [3.8, 4) is 34.1 Å². The molecule has 50 heavy (non-hydrogen) atoms. The van der Waals surface area contributed by atoms with Gasteiger partial charge in [0.05, 0.1) is 0 Å². The molecule has 0 saturated carbocycles. The van der Waals surface area contributed by atoms with Crippen LogP contribution >= 0.6 is 0 Å². The SMILES string of the molecule is C(#Cc1c2ccccc2c(-c2ccccc2)c2cc3ccccc3cc12)c1c2ccccc2c(-c2ccccc2)c2cc3ccccc3cc12. The maximum absolute atomic E-state index is 3.83. The molecular weight excluding hydrogens is 601 g/mol. The first-order chi connectivity index (χ1) is 24.8. The van der Waals surface area contributed by atoms with E-state index in [-0.39, 0.29) is 0 Å². The summed E-state index contributed by atoms with van der Waals surface area (Å²) in [5.74, 6) is 7.66. The van der Waals surface area contributed by atoms with Gasteiger partial charge in [0.25, 0.3) is 0 Å². The highest BCUT2D eigenvalue weighted by molar-refractivity contribution is 6.21. The van der Waals surface area contributed by atoms with Gasteiger partial charge < -0.3 is 0 Å². The van der Waals surface area contributed by atoms with Gasteiger partial charge in [0.1, 0.15) is 0 Å². The Hall–Kier alpha value is -6.68. The number of hydrogen-bond donors (Lipinski definition) is 0. The Bertz CT molecular complexity index is 2810. The summed E-state index contributed by atoms with van der Waals surface area (Å²) >= 11 is 0. The van der Waals surface area contributed by atoms with E-state index in [4.69, 9.17) is 0 Å². The van der Waals surface area contributed by atoms with Crippen LogP contribution in [0.5, 0.6) is 0 Å². The van der Waals surface area contributed by atoms with Crippen LogP contribution in [-0.2, 0) is 0 Å². The zero-order valence-electron chi connectivity index (χ0n) is 27.3. The van der Waals surface area contributed by atoms with Crippen LogP contribution in [0.4, 0.5) is 0 Å². The fourth-order valence-electron chi connectivity index (χ4n) is 7.95. The molecule has 10 aromatic carbocycles. The average molecular weight is 631 g/mol. The fourth-order valence-corrected chi connectivity index (χ4v) is 7.95. The van der Waals surface area contributed by atoms with Crippen LogP contribution in [-0.4, -0.2) is 0 Å². The van der Waals surface area contributed by atoms with Crippen LogP contribution < -0.4 is 0 Å². The summed E-state index contributed by atoms with van der Waals surface area (Å²) in [6, 6.07) is 65.8. The lowest BCUT2D eigenvalue weighted by atomic mass is 9.86. The topological polar surface area (TPSA) is 0 Å². The Labute approximate surface area is 290 Å². The van der Waals surface area contributed by atoms with E-state index < -0.39 is 0 Å². The second kappa shape index (κ2) is 11.5. The Morgan fingerprint density at radius 1 is 0.240 bits per heavy atom. The van der Waals surface area contributed by atoms with Crippen molar-refractivity contribution in [2.75, 3.05) is 0 Å². The standard InChI is InChI=1S/C50H30/c1-3-15-33(16-4-1)49-43-25-13-11-23-39(43)41(45-29-35-19-7-9-21-37(35)31-47(45)49)27-28-42-40-24-12-14-26-44(40)50(34-17-5-2-6-18-34)48-32-38-22-10-8-20-36(38)30-46(42)48/h1-26,29-32H. The first-order valence-corrected chi connectivity index (χ1v) is 17.2. The third kappa shape index (κ3) is 4.49. The fraction of sp³-hybridized carbons (Fsp3) is 0. The molecule has 0 aliphatic rings. The summed E-state index contributed by atoms with van der Waals surface area (Å²) < 4.78 is 0. The maximum Gasteiger partial charge on any atom is 0.0406 e. The molecule has 0 heterocycles. The van der Waals surface area contributed by atoms with Gasteiger partial charge in [-0.3, -0.25) is 0 Å². The zero-order chi connectivity index (χ0) is 33.0. The number of fused-ring (bicyclic) bond motifs is 6. The first-order valence-electron chi connectivity index (χ1n) is 17.2. The quantitative estimate of drug-likeness (QED) is 0.132. The third-order valence-corrected chi connectivity index (χ3v) is 10.2. The van der Waals surface area contributed by atoms with E-state index in [1.54, 1.807) is 0 Å². The molecule has 0 nitrogen and oxygen atoms in total. The number of hydrogen-bond acceptors (Lipinski definition) is 0. The normalized spacial score (nSPS) is 11.4. The molecule has 230 valence electrons. The molecule has 0 aliphatic heterocycles. The molecule has 0 saturated heterocycles. The van der Waals surface area contributed by atoms with Crippen molar-refractivity contribution in [3.05, 3.63) is 193 Å². The van der Waals surface area contributed by atoms with E-state index in [0.29, 0.717) is 0 Å². The molecule has 0 fully saturated rings. The van der Waals surface area contributed by atoms with Gasteiger partial charge in [0.2, 0.25) is 0 Å². The summed E-state index contributed by atoms with van der Waals surface area (Å²) in [5.41, 5.74) is 7.05. The lowest BCUT2D eigenvalue weighted by Crippen LogP contribution is -1.93. The van der Waals surface area contributed by atoms with E-state index in [9.17, 15) is 0 Å². The second-order valence-corrected chi connectivity index (χ2v) is 13.1. The van der Waals surface area contributed by atoms with E-state index in [0.717, 1.165) is 11.1 Å². The number of rotatable bonds is 2. The van der Waals surface area contributed by atoms with E-state index in [1.807, 2.05) is 0 Å². The van der Waals surface area contributed by atoms with Gasteiger partial charge >= 0.3 is 0 Å². The highest BCUT2D eigenvalue weighted by Crippen LogP contribution is 2.43. The highest BCUT2D eigenvalue weighted by atomic mass is 14.2. The molecule has 10 rings (SSSR count). The van der Waals surface area contributed by atoms with Crippen LogP contribution in [0.3, 0.4) is 0 Å². The van der Waals surface area contributed by atoms with Crippen LogP contribution in [0, 0.1) is 11.8 Å². The molecule has 0 aliphatic carbocycles. The van der Waals surface area contributed by atoms with E-state index >= 15 is 0 Å². The molecule has 10 aromatic rings. The monoisotopic (exact) mass is 630 g/mol. The predicted molar refractivity (Wildman–Crippen MR) is 215 cm³/mol. The largest absolute Gasteiger partial charge is 0.0622 e. The van der Waals surface area contributed by atoms with Crippen molar-refractivity contribution >= 4 is 64.6 Å². The van der Waals surface area contributed by atoms with Crippen molar-refractivity contribution in [2.45, 2.75) is 0 Å². The second-order valence-electron chi connectivity index (χ2n) is 13.1. The average Bonchev–Trinajstić information content (AvgIpc) is 3.18. The van der Waals surface area contributed by atoms with Crippen molar-refractivity contribution in [1.82, 2.24) is 0 Å². The van der Waals surface area contributed by atoms with Crippen molar-refractivity contribution in [3.63, 3.8) is 0 Å². The van der Waals surface area contributed by atoms with Crippen LogP contribution in [0.2, 0.25) is 0 Å². The van der Waals surface area contributed by atoms with Crippen LogP contribution in [0.15, 0.2) is 182 Å². The third-order valence-electron chi connectivity index (χ3n) is 10.2. The molecule has 0 atom stereocenters. The van der Waals surface area contributed by atoms with Crippen molar-refractivity contribution in [1.29, 1.82) is 0 Å². The smallest absolute Gasteiger partial charge is 0.0406 e. The predicted octanol–water partition coefficient (Wildman–Crippen LogP) is 13.3. The van der Waals surface area contributed by atoms with Gasteiger partial charge in [-0.1, -0.05) is 170 Å². The Morgan fingerprint density at radius 2 is 0.540 bits per heavy atom. The summed E-state index contributed by atoms with van der Waals surface area (Å²) in [4.78, 5) is 0. The first kappa shape index (κ1) is 28.3. The summed E-state index contributed by atoms with van der Waals surface area (Å²) in [7, 11) is 0. The Morgan fingerprint density at radius 3 is 0.920 bits per heavy atom. The molecular formula is C50H30. The summed E-state index contributed by atoms with van der Waals surface area (Å²) in [5, 5.41) is 14.4. The lowest BCUT2D eigenvalue weighted by Gasteiger charge is -2.17. The molecule has 0 bridgehead atoms. The highest BCUT2D eigenvalue weighted by Gasteiger charge is 2.18. The minimum absolute atomic E-state index is 1.06. The molecule has 0 unspecified atom stereocenters. The van der Waals surface area contributed by atoms with Gasteiger partial charge in [-0.2, -0.15) is 0 Å². The summed E-state index contributed by atoms with van der Waals surface area (Å²) in [6.45, 7) is 0. The van der Waals surface area contributed by atoms with Gasteiger partial charge in [-0.25, -0.2) is 0 Å². The van der Waals surface area contributed by atoms with Gasteiger partial charge in [-0.05, 0) is 111 Å². The molecule has 0 aromatic heterocycles.